The van der Waals surface area contributed by atoms with Gasteiger partial charge in [0.25, 0.3) is 0 Å². The van der Waals surface area contributed by atoms with E-state index in [1.807, 2.05) is 19.1 Å². The van der Waals surface area contributed by atoms with E-state index in [1.54, 1.807) is 12.1 Å². The zero-order valence-corrected chi connectivity index (χ0v) is 22.8. The molecule has 0 aliphatic rings. The Labute approximate surface area is 216 Å². The first-order chi connectivity index (χ1) is 14.0. The highest BCUT2D eigenvalue weighted by Crippen LogP contribution is 2.38. The van der Waals surface area contributed by atoms with Crippen LogP contribution in [0.15, 0.2) is 34.8 Å². The topological polar surface area (TPSA) is 33.7 Å². The van der Waals surface area contributed by atoms with Gasteiger partial charge in [-0.15, -0.1) is 24.8 Å². The number of rotatable bonds is 12. The van der Waals surface area contributed by atoms with Gasteiger partial charge in [-0.25, -0.2) is 0 Å². The van der Waals surface area contributed by atoms with E-state index in [9.17, 15) is 0 Å². The van der Waals surface area contributed by atoms with Crippen molar-refractivity contribution in [1.82, 2.24) is 10.2 Å². The number of halogens is 5. The van der Waals surface area contributed by atoms with E-state index < -0.39 is 0 Å². The molecule has 176 valence electrons. The van der Waals surface area contributed by atoms with E-state index in [4.69, 9.17) is 32.7 Å². The Balaban J connectivity index is 0.00000450. The van der Waals surface area contributed by atoms with Crippen molar-refractivity contribution in [1.29, 1.82) is 0 Å². The van der Waals surface area contributed by atoms with Gasteiger partial charge < -0.3 is 19.7 Å². The van der Waals surface area contributed by atoms with Crippen LogP contribution in [0.1, 0.15) is 31.9 Å². The second-order valence-corrected chi connectivity index (χ2v) is 8.26. The molecule has 0 spiro atoms. The maximum atomic E-state index is 6.26. The normalized spacial score (nSPS) is 10.4. The SMILES string of the molecule is CCOc1cc(CNCCN(CC)CC)cc(Br)c1OCc1ccc(Cl)cc1Cl.Cl.Cl. The van der Waals surface area contributed by atoms with Crippen molar-refractivity contribution in [2.45, 2.75) is 33.9 Å². The maximum absolute atomic E-state index is 6.26. The zero-order valence-electron chi connectivity index (χ0n) is 18.1. The molecule has 0 heterocycles. The van der Waals surface area contributed by atoms with E-state index in [0.717, 1.165) is 48.3 Å². The van der Waals surface area contributed by atoms with Crippen LogP contribution in [0, 0.1) is 0 Å². The monoisotopic (exact) mass is 574 g/mol. The van der Waals surface area contributed by atoms with Gasteiger partial charge in [0.15, 0.2) is 11.5 Å². The number of ether oxygens (including phenoxy) is 2. The maximum Gasteiger partial charge on any atom is 0.175 e. The Bertz CT molecular complexity index is 792. The van der Waals surface area contributed by atoms with Gasteiger partial charge in [0.1, 0.15) is 6.61 Å². The van der Waals surface area contributed by atoms with Crippen LogP contribution in [0.5, 0.6) is 11.5 Å². The van der Waals surface area contributed by atoms with Crippen molar-refractivity contribution in [3.63, 3.8) is 0 Å². The van der Waals surface area contributed by atoms with Crippen molar-refractivity contribution >= 4 is 63.9 Å². The van der Waals surface area contributed by atoms with E-state index in [2.05, 4.69) is 46.1 Å². The van der Waals surface area contributed by atoms with Gasteiger partial charge in [0, 0.05) is 35.2 Å². The lowest BCUT2D eigenvalue weighted by Gasteiger charge is -2.19. The molecule has 0 unspecified atom stereocenters. The minimum absolute atomic E-state index is 0. The predicted molar refractivity (Wildman–Crippen MR) is 140 cm³/mol. The summed E-state index contributed by atoms with van der Waals surface area (Å²) in [6.07, 6.45) is 0. The molecule has 4 nitrogen and oxygen atoms in total. The summed E-state index contributed by atoms with van der Waals surface area (Å²) < 4.78 is 12.7. The molecule has 0 aliphatic heterocycles. The summed E-state index contributed by atoms with van der Waals surface area (Å²) in [6, 6.07) is 9.47. The summed E-state index contributed by atoms with van der Waals surface area (Å²) >= 11 is 15.9. The Morgan fingerprint density at radius 2 is 1.71 bits per heavy atom. The van der Waals surface area contributed by atoms with E-state index in [-0.39, 0.29) is 24.8 Å². The molecule has 0 amide bonds. The molecule has 0 saturated carbocycles. The molecule has 2 aromatic rings. The van der Waals surface area contributed by atoms with Crippen LogP contribution in [-0.2, 0) is 13.2 Å². The molecular weight excluding hydrogens is 546 g/mol. The number of benzene rings is 2. The van der Waals surface area contributed by atoms with E-state index in [0.29, 0.717) is 34.8 Å². The van der Waals surface area contributed by atoms with Crippen LogP contribution in [0.2, 0.25) is 10.0 Å². The fourth-order valence-corrected chi connectivity index (χ4v) is 3.99. The summed E-state index contributed by atoms with van der Waals surface area (Å²) in [4.78, 5) is 2.40. The number of hydrogen-bond donors (Lipinski definition) is 1. The molecule has 9 heteroatoms. The smallest absolute Gasteiger partial charge is 0.175 e. The number of nitrogens with one attached hydrogen (secondary N) is 1. The van der Waals surface area contributed by atoms with Crippen LogP contribution >= 0.6 is 63.9 Å². The van der Waals surface area contributed by atoms with Crippen LogP contribution in [-0.4, -0.2) is 37.7 Å². The van der Waals surface area contributed by atoms with Gasteiger partial charge in [-0.2, -0.15) is 0 Å². The van der Waals surface area contributed by atoms with Crippen molar-refractivity contribution in [3.05, 3.63) is 56.0 Å². The lowest BCUT2D eigenvalue weighted by molar-refractivity contribution is 0.267. The van der Waals surface area contributed by atoms with Gasteiger partial charge in [-0.3, -0.25) is 0 Å². The highest BCUT2D eigenvalue weighted by Gasteiger charge is 2.14. The first kappa shape index (κ1) is 30.6. The molecule has 0 atom stereocenters. The Morgan fingerprint density at radius 3 is 2.32 bits per heavy atom. The fourth-order valence-electron chi connectivity index (χ4n) is 2.92. The molecule has 0 saturated heterocycles. The molecule has 31 heavy (non-hydrogen) atoms. The molecule has 2 rings (SSSR count). The van der Waals surface area contributed by atoms with Gasteiger partial charge in [-0.1, -0.05) is 43.1 Å². The van der Waals surface area contributed by atoms with Gasteiger partial charge >= 0.3 is 0 Å². The van der Waals surface area contributed by atoms with Gasteiger partial charge in [0.05, 0.1) is 11.1 Å². The summed E-state index contributed by atoms with van der Waals surface area (Å²) in [5.41, 5.74) is 2.00. The fraction of sp³-hybridized carbons (Fsp3) is 0.455. The first-order valence-corrected chi connectivity index (χ1v) is 11.5. The highest BCUT2D eigenvalue weighted by molar-refractivity contribution is 9.10. The third-order valence-corrected chi connectivity index (χ3v) is 5.76. The van der Waals surface area contributed by atoms with E-state index in [1.165, 1.54) is 0 Å². The number of nitrogens with zero attached hydrogens (tertiary/aromatic N) is 1. The zero-order chi connectivity index (χ0) is 21.2. The summed E-state index contributed by atoms with van der Waals surface area (Å²) in [5.74, 6) is 1.39. The third kappa shape index (κ3) is 9.95. The Morgan fingerprint density at radius 1 is 1.00 bits per heavy atom. The quantitative estimate of drug-likeness (QED) is 0.276. The van der Waals surface area contributed by atoms with E-state index >= 15 is 0 Å². The van der Waals surface area contributed by atoms with Gasteiger partial charge in [0.2, 0.25) is 0 Å². The Hall–Kier alpha value is -0.400. The predicted octanol–water partition coefficient (Wildman–Crippen LogP) is 7.01. The molecule has 2 aromatic carbocycles. The number of likely N-dealkylation sites (N-methyl/N-ethyl adjacent to an activating group) is 1. The lowest BCUT2D eigenvalue weighted by Crippen LogP contribution is -2.31. The molecule has 0 aromatic heterocycles. The average Bonchev–Trinajstić information content (AvgIpc) is 2.69. The number of hydrogen-bond acceptors (Lipinski definition) is 4. The minimum atomic E-state index is 0. The minimum Gasteiger partial charge on any atom is -0.490 e. The largest absolute Gasteiger partial charge is 0.490 e. The second kappa shape index (κ2) is 16.2. The van der Waals surface area contributed by atoms with Crippen LogP contribution < -0.4 is 14.8 Å². The second-order valence-electron chi connectivity index (χ2n) is 6.57. The summed E-state index contributed by atoms with van der Waals surface area (Å²) in [6.45, 7) is 12.1. The third-order valence-electron chi connectivity index (χ3n) is 4.58. The van der Waals surface area contributed by atoms with Crippen LogP contribution in [0.25, 0.3) is 0 Å². The standard InChI is InChI=1S/C22H29BrCl2N2O2.2ClH/c1-4-27(5-2)10-9-26-14-16-11-19(23)22(21(12-16)28-6-3)29-15-17-7-8-18(24)13-20(17)25;;/h7-8,11-13,26H,4-6,9-10,14-15H2,1-3H3;2*1H. The molecule has 0 aliphatic carbocycles. The van der Waals surface area contributed by atoms with Crippen molar-refractivity contribution in [2.75, 3.05) is 32.8 Å². The Kier molecular flexibility index (Phi) is 16.0. The van der Waals surface area contributed by atoms with Crippen LogP contribution in [0.3, 0.4) is 0 Å². The molecule has 0 radical (unpaired) electrons. The summed E-state index contributed by atoms with van der Waals surface area (Å²) in [5, 5.41) is 4.69. The average molecular weight is 577 g/mol. The highest BCUT2D eigenvalue weighted by atomic mass is 79.9. The molecule has 0 bridgehead atoms. The van der Waals surface area contributed by atoms with Crippen molar-refractivity contribution < 1.29 is 9.47 Å². The molecule has 0 fully saturated rings. The van der Waals surface area contributed by atoms with Crippen LogP contribution in [0.4, 0.5) is 0 Å². The molecular formula is C22H31BrCl4N2O2. The van der Waals surface area contributed by atoms with Gasteiger partial charge in [-0.05, 0) is 65.8 Å². The molecule has 1 N–H and O–H groups in total. The lowest BCUT2D eigenvalue weighted by atomic mass is 10.2. The summed E-state index contributed by atoms with van der Waals surface area (Å²) in [7, 11) is 0. The first-order valence-electron chi connectivity index (χ1n) is 9.93. The van der Waals surface area contributed by atoms with Crippen molar-refractivity contribution in [3.8, 4) is 11.5 Å². The van der Waals surface area contributed by atoms with Crippen molar-refractivity contribution in [2.24, 2.45) is 0 Å².